The van der Waals surface area contributed by atoms with Crippen LogP contribution in [0.4, 0.5) is 26.5 Å². The Morgan fingerprint density at radius 3 is 2.69 bits per heavy atom. The summed E-state index contributed by atoms with van der Waals surface area (Å²) in [5, 5.41) is 13.9. The van der Waals surface area contributed by atoms with E-state index in [0.717, 1.165) is 6.26 Å². The highest BCUT2D eigenvalue weighted by atomic mass is 32.2. The van der Waals surface area contributed by atoms with Crippen LogP contribution in [0.5, 0.6) is 5.75 Å². The van der Waals surface area contributed by atoms with E-state index in [1.54, 1.807) is 24.3 Å². The molecule has 1 aromatic heterocycles. The smallest absolute Gasteiger partial charge is 0.404 e. The maximum Gasteiger partial charge on any atom is 0.404 e. The number of halogens is 1. The SMILES string of the molecule is COc1cc(F)ccc1-c1ncnc(Nc2cccc(N(CCCCNC(=O)O)S(C)(=O)=O)c2)n1. The summed E-state index contributed by atoms with van der Waals surface area (Å²) in [6.07, 6.45) is 2.23. The highest BCUT2D eigenvalue weighted by molar-refractivity contribution is 7.92. The van der Waals surface area contributed by atoms with Crippen molar-refractivity contribution < 1.29 is 27.4 Å². The number of sulfonamides is 1. The van der Waals surface area contributed by atoms with Crippen molar-refractivity contribution >= 4 is 33.4 Å². The molecule has 3 N–H and O–H groups in total. The summed E-state index contributed by atoms with van der Waals surface area (Å²) >= 11 is 0. The Bertz CT molecular complexity index is 1290. The summed E-state index contributed by atoms with van der Waals surface area (Å²) < 4.78 is 44.8. The summed E-state index contributed by atoms with van der Waals surface area (Å²) in [4.78, 5) is 23.2. The van der Waals surface area contributed by atoms with E-state index in [9.17, 15) is 17.6 Å². The van der Waals surface area contributed by atoms with Crippen LogP contribution < -0.4 is 19.7 Å². The third-order valence-corrected chi connectivity index (χ3v) is 6.03. The minimum absolute atomic E-state index is 0.184. The van der Waals surface area contributed by atoms with Crippen LogP contribution >= 0.6 is 0 Å². The number of hydrogen-bond donors (Lipinski definition) is 3. The summed E-state index contributed by atoms with van der Waals surface area (Å²) in [5.41, 5.74) is 1.44. The van der Waals surface area contributed by atoms with Crippen molar-refractivity contribution in [3.05, 3.63) is 54.6 Å². The topological polar surface area (TPSA) is 147 Å². The zero-order valence-electron chi connectivity index (χ0n) is 19.1. The molecule has 0 unspecified atom stereocenters. The number of aromatic nitrogens is 3. The van der Waals surface area contributed by atoms with Crippen LogP contribution in [0.3, 0.4) is 0 Å². The quantitative estimate of drug-likeness (QED) is 0.335. The average molecular weight is 505 g/mol. The average Bonchev–Trinajstić information content (AvgIpc) is 2.80. The maximum absolute atomic E-state index is 13.5. The van der Waals surface area contributed by atoms with E-state index in [2.05, 4.69) is 25.6 Å². The molecule has 0 saturated heterocycles. The number of anilines is 3. The lowest BCUT2D eigenvalue weighted by atomic mass is 10.2. The van der Waals surface area contributed by atoms with Crippen LogP contribution in [-0.4, -0.2) is 61.0 Å². The van der Waals surface area contributed by atoms with Crippen molar-refractivity contribution in [3.8, 4) is 17.1 Å². The van der Waals surface area contributed by atoms with Crippen molar-refractivity contribution in [2.24, 2.45) is 0 Å². The molecule has 3 aromatic rings. The lowest BCUT2D eigenvalue weighted by Crippen LogP contribution is -2.31. The van der Waals surface area contributed by atoms with Crippen LogP contribution in [0.2, 0.25) is 0 Å². The highest BCUT2D eigenvalue weighted by Crippen LogP contribution is 2.29. The van der Waals surface area contributed by atoms with Crippen LogP contribution in [0.1, 0.15) is 12.8 Å². The molecule has 0 bridgehead atoms. The Kier molecular flexibility index (Phi) is 8.36. The van der Waals surface area contributed by atoms with Gasteiger partial charge in [-0.1, -0.05) is 6.07 Å². The van der Waals surface area contributed by atoms with E-state index >= 15 is 0 Å². The molecular formula is C22H25FN6O5S. The summed E-state index contributed by atoms with van der Waals surface area (Å²) in [7, 11) is -2.17. The van der Waals surface area contributed by atoms with Crippen LogP contribution in [-0.2, 0) is 10.0 Å². The lowest BCUT2D eigenvalue weighted by molar-refractivity contribution is 0.194. The first-order valence-corrected chi connectivity index (χ1v) is 12.4. The first-order valence-electron chi connectivity index (χ1n) is 10.5. The van der Waals surface area contributed by atoms with Gasteiger partial charge in [-0.25, -0.2) is 27.6 Å². The molecule has 1 amide bonds. The molecule has 0 atom stereocenters. The molecule has 0 aliphatic carbocycles. The van der Waals surface area contributed by atoms with Gasteiger partial charge in [0.25, 0.3) is 0 Å². The minimum Gasteiger partial charge on any atom is -0.496 e. The number of rotatable bonds is 11. The number of amides is 1. The van der Waals surface area contributed by atoms with Gasteiger partial charge in [0.2, 0.25) is 16.0 Å². The largest absolute Gasteiger partial charge is 0.496 e. The van der Waals surface area contributed by atoms with Gasteiger partial charge in [0.1, 0.15) is 17.9 Å². The van der Waals surface area contributed by atoms with Crippen molar-refractivity contribution in [2.45, 2.75) is 12.8 Å². The van der Waals surface area contributed by atoms with Gasteiger partial charge in [-0.05, 0) is 43.2 Å². The van der Waals surface area contributed by atoms with E-state index in [4.69, 9.17) is 9.84 Å². The number of carboxylic acid groups (broad SMARTS) is 1. The van der Waals surface area contributed by atoms with Gasteiger partial charge in [0.15, 0.2) is 5.82 Å². The molecular weight excluding hydrogens is 479 g/mol. The number of nitrogens with one attached hydrogen (secondary N) is 2. The molecule has 2 aromatic carbocycles. The van der Waals surface area contributed by atoms with Crippen LogP contribution in [0.15, 0.2) is 48.8 Å². The van der Waals surface area contributed by atoms with Gasteiger partial charge in [-0.3, -0.25) is 4.31 Å². The van der Waals surface area contributed by atoms with Gasteiger partial charge in [-0.15, -0.1) is 0 Å². The summed E-state index contributed by atoms with van der Waals surface area (Å²) in [6, 6.07) is 10.7. The first kappa shape index (κ1) is 25.6. The fourth-order valence-corrected chi connectivity index (χ4v) is 4.22. The second kappa shape index (κ2) is 11.4. The van der Waals surface area contributed by atoms with Crippen molar-refractivity contribution in [1.82, 2.24) is 20.3 Å². The number of benzene rings is 2. The van der Waals surface area contributed by atoms with Gasteiger partial charge in [0, 0.05) is 24.8 Å². The number of carbonyl (C=O) groups is 1. The van der Waals surface area contributed by atoms with E-state index in [0.29, 0.717) is 29.8 Å². The van der Waals surface area contributed by atoms with Crippen LogP contribution in [0, 0.1) is 5.82 Å². The van der Waals surface area contributed by atoms with Gasteiger partial charge in [0.05, 0.1) is 24.6 Å². The molecule has 0 radical (unpaired) electrons. The molecule has 1 heterocycles. The normalized spacial score (nSPS) is 11.1. The molecule has 0 aliphatic heterocycles. The monoisotopic (exact) mass is 504 g/mol. The van der Waals surface area contributed by atoms with Crippen molar-refractivity contribution in [2.75, 3.05) is 36.1 Å². The van der Waals surface area contributed by atoms with Crippen molar-refractivity contribution in [1.29, 1.82) is 0 Å². The Balaban J connectivity index is 1.78. The predicted octanol–water partition coefficient (Wildman–Crippen LogP) is 3.24. The molecule has 0 fully saturated rings. The zero-order valence-corrected chi connectivity index (χ0v) is 19.9. The van der Waals surface area contributed by atoms with Gasteiger partial charge < -0.3 is 20.5 Å². The summed E-state index contributed by atoms with van der Waals surface area (Å²) in [6.45, 7) is 0.416. The van der Waals surface area contributed by atoms with Crippen molar-refractivity contribution in [3.63, 3.8) is 0 Å². The predicted molar refractivity (Wildman–Crippen MR) is 129 cm³/mol. The summed E-state index contributed by atoms with van der Waals surface area (Å²) in [5.74, 6) is 0.280. The van der Waals surface area contributed by atoms with Gasteiger partial charge >= 0.3 is 6.09 Å². The lowest BCUT2D eigenvalue weighted by Gasteiger charge is -2.23. The zero-order chi connectivity index (χ0) is 25.4. The standard InChI is InChI=1S/C22H25FN6O5S/c1-34-19-12-15(23)8-9-18(19)20-25-14-26-21(28-20)27-16-6-5-7-17(13-16)29(35(2,32)33)11-4-3-10-24-22(30)31/h5-9,12-14,24H,3-4,10-11H2,1-2H3,(H,30,31)(H,25,26,27,28). The van der Waals surface area contributed by atoms with E-state index in [1.165, 1.54) is 35.9 Å². The fourth-order valence-electron chi connectivity index (χ4n) is 3.27. The number of hydrogen-bond acceptors (Lipinski definition) is 8. The Labute approximate surface area is 202 Å². The third-order valence-electron chi connectivity index (χ3n) is 4.83. The Morgan fingerprint density at radius 1 is 1.17 bits per heavy atom. The van der Waals surface area contributed by atoms with E-state index in [-0.39, 0.29) is 30.6 Å². The second-order valence-corrected chi connectivity index (χ2v) is 9.33. The fraction of sp³-hybridized carbons (Fsp3) is 0.273. The van der Waals surface area contributed by atoms with Crippen LogP contribution in [0.25, 0.3) is 11.4 Å². The molecule has 0 aliphatic rings. The minimum atomic E-state index is -3.58. The molecule has 13 heteroatoms. The number of unbranched alkanes of at least 4 members (excludes halogenated alkanes) is 1. The molecule has 0 saturated carbocycles. The Hall–Kier alpha value is -4.00. The molecule has 11 nitrogen and oxygen atoms in total. The molecule has 3 rings (SSSR count). The van der Waals surface area contributed by atoms with E-state index < -0.39 is 21.9 Å². The van der Waals surface area contributed by atoms with E-state index in [1.807, 2.05) is 0 Å². The molecule has 0 spiro atoms. The second-order valence-electron chi connectivity index (χ2n) is 7.43. The number of methoxy groups -OCH3 is 1. The molecule has 186 valence electrons. The van der Waals surface area contributed by atoms with Gasteiger partial charge in [-0.2, -0.15) is 4.98 Å². The maximum atomic E-state index is 13.5. The number of nitrogens with zero attached hydrogens (tertiary/aromatic N) is 4. The first-order chi connectivity index (χ1) is 16.7. The highest BCUT2D eigenvalue weighted by Gasteiger charge is 2.18. The Morgan fingerprint density at radius 2 is 1.97 bits per heavy atom. The molecule has 35 heavy (non-hydrogen) atoms. The third kappa shape index (κ3) is 7.24. The number of ether oxygens (including phenoxy) is 1.